The van der Waals surface area contributed by atoms with Crippen LogP contribution in [0.15, 0.2) is 0 Å². The topological polar surface area (TPSA) is 15.3 Å². The highest BCUT2D eigenvalue weighted by atomic mass is 15.2. The van der Waals surface area contributed by atoms with Crippen LogP contribution in [0, 0.1) is 0 Å². The summed E-state index contributed by atoms with van der Waals surface area (Å²) in [5.41, 5.74) is 0.522. The molecule has 0 aromatic heterocycles. The minimum atomic E-state index is 0.522. The molecule has 2 nitrogen and oxygen atoms in total. The van der Waals surface area contributed by atoms with Crippen molar-refractivity contribution < 1.29 is 0 Å². The van der Waals surface area contributed by atoms with E-state index >= 15 is 0 Å². The molecule has 0 aromatic carbocycles. The van der Waals surface area contributed by atoms with Gasteiger partial charge in [-0.05, 0) is 52.1 Å². The van der Waals surface area contributed by atoms with Gasteiger partial charge in [0.25, 0.3) is 0 Å². The van der Waals surface area contributed by atoms with Crippen LogP contribution in [-0.4, -0.2) is 36.1 Å². The summed E-state index contributed by atoms with van der Waals surface area (Å²) in [7, 11) is 0. The molecule has 0 spiro atoms. The van der Waals surface area contributed by atoms with Crippen LogP contribution in [-0.2, 0) is 0 Å². The second kappa shape index (κ2) is 6.19. The van der Waals surface area contributed by atoms with Crippen LogP contribution < -0.4 is 5.32 Å². The fourth-order valence-corrected chi connectivity index (χ4v) is 3.62. The maximum Gasteiger partial charge on any atom is 0.0181 e. The first kappa shape index (κ1) is 13.4. The molecule has 2 heteroatoms. The van der Waals surface area contributed by atoms with Crippen LogP contribution in [0.25, 0.3) is 0 Å². The van der Waals surface area contributed by atoms with E-state index in [9.17, 15) is 0 Å². The molecule has 0 bridgehead atoms. The molecule has 1 unspecified atom stereocenters. The molecular weight excluding hydrogens is 208 g/mol. The van der Waals surface area contributed by atoms with Crippen LogP contribution >= 0.6 is 0 Å². The number of hydrogen-bond donors (Lipinski definition) is 1. The van der Waals surface area contributed by atoms with Crippen molar-refractivity contribution in [3.05, 3.63) is 0 Å². The Bertz CT molecular complexity index is 221. The van der Waals surface area contributed by atoms with Crippen LogP contribution in [0.3, 0.4) is 0 Å². The Kier molecular flexibility index (Phi) is 4.87. The van der Waals surface area contributed by atoms with Gasteiger partial charge in [-0.15, -0.1) is 0 Å². The van der Waals surface area contributed by atoms with Gasteiger partial charge in [-0.2, -0.15) is 0 Å². The smallest absolute Gasteiger partial charge is 0.0181 e. The minimum Gasteiger partial charge on any atom is -0.314 e. The average molecular weight is 238 g/mol. The molecule has 1 N–H and O–H groups in total. The molecule has 0 aromatic rings. The Hall–Kier alpha value is -0.0800. The van der Waals surface area contributed by atoms with Crippen LogP contribution in [0.1, 0.15) is 65.2 Å². The van der Waals surface area contributed by atoms with Gasteiger partial charge in [-0.25, -0.2) is 0 Å². The van der Waals surface area contributed by atoms with E-state index in [0.717, 1.165) is 6.04 Å². The van der Waals surface area contributed by atoms with Crippen molar-refractivity contribution in [2.24, 2.45) is 0 Å². The summed E-state index contributed by atoms with van der Waals surface area (Å²) in [5.74, 6) is 0. The van der Waals surface area contributed by atoms with Gasteiger partial charge in [0.2, 0.25) is 0 Å². The van der Waals surface area contributed by atoms with E-state index < -0.39 is 0 Å². The summed E-state index contributed by atoms with van der Waals surface area (Å²) < 4.78 is 0. The van der Waals surface area contributed by atoms with Gasteiger partial charge in [0, 0.05) is 18.1 Å². The highest BCUT2D eigenvalue weighted by molar-refractivity contribution is 4.90. The van der Waals surface area contributed by atoms with Gasteiger partial charge in [-0.1, -0.05) is 26.2 Å². The third kappa shape index (κ3) is 3.45. The summed E-state index contributed by atoms with van der Waals surface area (Å²) in [5, 5.41) is 3.68. The number of hydrogen-bond acceptors (Lipinski definition) is 2. The van der Waals surface area contributed by atoms with Crippen molar-refractivity contribution in [1.82, 2.24) is 10.2 Å². The van der Waals surface area contributed by atoms with Gasteiger partial charge in [0.05, 0.1) is 0 Å². The molecule has 1 aliphatic heterocycles. The summed E-state index contributed by atoms with van der Waals surface area (Å²) in [6.45, 7) is 8.65. The third-order valence-electron chi connectivity index (χ3n) is 4.97. The monoisotopic (exact) mass is 238 g/mol. The summed E-state index contributed by atoms with van der Waals surface area (Å²) >= 11 is 0. The number of nitrogens with one attached hydrogen (secondary N) is 1. The maximum absolute atomic E-state index is 3.68. The molecule has 100 valence electrons. The first-order chi connectivity index (χ1) is 8.24. The van der Waals surface area contributed by atoms with Crippen molar-refractivity contribution in [2.75, 3.05) is 19.6 Å². The molecule has 1 aliphatic carbocycles. The highest BCUT2D eigenvalue weighted by Gasteiger charge is 2.33. The molecule has 2 rings (SSSR count). The minimum absolute atomic E-state index is 0.522. The second-order valence-electron chi connectivity index (χ2n) is 6.25. The zero-order valence-electron chi connectivity index (χ0n) is 11.8. The molecule has 0 amide bonds. The normalized spacial score (nSPS) is 31.8. The summed E-state index contributed by atoms with van der Waals surface area (Å²) in [4.78, 5) is 2.82. The lowest BCUT2D eigenvalue weighted by Crippen LogP contribution is -2.51. The standard InChI is InChI=1S/C15H30N2/c1-3-14-8-13-17(12-7-11-16-14)15(2)9-5-4-6-10-15/h14,16H,3-13H2,1-2H3. The predicted octanol–water partition coefficient (Wildman–Crippen LogP) is 3.17. The van der Waals surface area contributed by atoms with Gasteiger partial charge in [-0.3, -0.25) is 4.90 Å². The first-order valence-electron chi connectivity index (χ1n) is 7.73. The van der Waals surface area contributed by atoms with Crippen molar-refractivity contribution in [1.29, 1.82) is 0 Å². The SMILES string of the molecule is CCC1CCN(C2(C)CCCCC2)CCCN1. The van der Waals surface area contributed by atoms with Crippen molar-refractivity contribution in [3.63, 3.8) is 0 Å². The van der Waals surface area contributed by atoms with Crippen molar-refractivity contribution in [2.45, 2.75) is 76.8 Å². The Morgan fingerprint density at radius 3 is 2.59 bits per heavy atom. The zero-order valence-corrected chi connectivity index (χ0v) is 11.8. The quantitative estimate of drug-likeness (QED) is 0.795. The molecule has 1 saturated carbocycles. The molecule has 1 saturated heterocycles. The second-order valence-corrected chi connectivity index (χ2v) is 6.25. The van der Waals surface area contributed by atoms with Crippen molar-refractivity contribution >= 4 is 0 Å². The molecule has 0 radical (unpaired) electrons. The summed E-state index contributed by atoms with van der Waals surface area (Å²) in [6.07, 6.45) is 11.2. The van der Waals surface area contributed by atoms with Gasteiger partial charge < -0.3 is 5.32 Å². The molecule has 2 aliphatic rings. The first-order valence-corrected chi connectivity index (χ1v) is 7.73. The van der Waals surface area contributed by atoms with Gasteiger partial charge in [0.1, 0.15) is 0 Å². The molecule has 2 fully saturated rings. The van der Waals surface area contributed by atoms with Crippen LogP contribution in [0.2, 0.25) is 0 Å². The fraction of sp³-hybridized carbons (Fsp3) is 1.00. The lowest BCUT2D eigenvalue weighted by molar-refractivity contribution is 0.0553. The molecule has 1 heterocycles. The van der Waals surface area contributed by atoms with E-state index in [1.807, 2.05) is 0 Å². The molecule has 1 atom stereocenters. The van der Waals surface area contributed by atoms with E-state index in [0.29, 0.717) is 5.54 Å². The van der Waals surface area contributed by atoms with Gasteiger partial charge in [0.15, 0.2) is 0 Å². The summed E-state index contributed by atoms with van der Waals surface area (Å²) in [6, 6.07) is 0.755. The predicted molar refractivity (Wildman–Crippen MR) is 74.4 cm³/mol. The molecular formula is C15H30N2. The number of nitrogens with zero attached hydrogens (tertiary/aromatic N) is 1. The Balaban J connectivity index is 1.93. The number of rotatable bonds is 2. The van der Waals surface area contributed by atoms with Crippen molar-refractivity contribution in [3.8, 4) is 0 Å². The average Bonchev–Trinajstić information content (AvgIpc) is 2.29. The van der Waals surface area contributed by atoms with Crippen LogP contribution in [0.4, 0.5) is 0 Å². The van der Waals surface area contributed by atoms with E-state index in [1.54, 1.807) is 0 Å². The van der Waals surface area contributed by atoms with E-state index in [1.165, 1.54) is 71.0 Å². The zero-order chi connectivity index (χ0) is 12.1. The Labute approximate surface area is 107 Å². The Morgan fingerprint density at radius 1 is 1.12 bits per heavy atom. The van der Waals surface area contributed by atoms with Gasteiger partial charge >= 0.3 is 0 Å². The van der Waals surface area contributed by atoms with E-state index in [2.05, 4.69) is 24.1 Å². The van der Waals surface area contributed by atoms with E-state index in [4.69, 9.17) is 0 Å². The maximum atomic E-state index is 3.68. The Morgan fingerprint density at radius 2 is 1.88 bits per heavy atom. The fourth-order valence-electron chi connectivity index (χ4n) is 3.62. The lowest BCUT2D eigenvalue weighted by atomic mass is 9.81. The molecule has 17 heavy (non-hydrogen) atoms. The lowest BCUT2D eigenvalue weighted by Gasteiger charge is -2.45. The highest BCUT2D eigenvalue weighted by Crippen LogP contribution is 2.33. The van der Waals surface area contributed by atoms with E-state index in [-0.39, 0.29) is 0 Å². The largest absolute Gasteiger partial charge is 0.314 e. The van der Waals surface area contributed by atoms with Crippen LogP contribution in [0.5, 0.6) is 0 Å². The third-order valence-corrected chi connectivity index (χ3v) is 4.97.